The average molecular weight is 528 g/mol. The molecule has 0 aliphatic carbocycles. The van der Waals surface area contributed by atoms with Gasteiger partial charge in [-0.3, -0.25) is 4.90 Å². The zero-order chi connectivity index (χ0) is 27.3. The van der Waals surface area contributed by atoms with Crippen molar-refractivity contribution < 1.29 is 36.2 Å². The van der Waals surface area contributed by atoms with Crippen LogP contribution in [0.1, 0.15) is 43.5 Å². The van der Waals surface area contributed by atoms with E-state index in [1.54, 1.807) is 20.8 Å². The zero-order valence-corrected chi connectivity index (χ0v) is 19.9. The number of halogens is 6. The molecule has 14 heteroatoms. The molecule has 0 saturated heterocycles. The topological polar surface area (TPSA) is 97.0 Å². The molecule has 1 amide bonds. The number of carboxylic acid groups (broad SMARTS) is 1. The summed E-state index contributed by atoms with van der Waals surface area (Å²) >= 11 is 0. The second-order valence-corrected chi connectivity index (χ2v) is 9.65. The van der Waals surface area contributed by atoms with Crippen molar-refractivity contribution in [1.29, 1.82) is 0 Å². The summed E-state index contributed by atoms with van der Waals surface area (Å²) < 4.78 is 82.9. The fourth-order valence-electron chi connectivity index (χ4n) is 4.48. The first-order chi connectivity index (χ1) is 17.2. The number of fused-ring (bicyclic) bond motifs is 3. The number of carbonyl (C=O) groups is 1. The molecular weight excluding hydrogens is 506 g/mol. The third kappa shape index (κ3) is 5.23. The van der Waals surface area contributed by atoms with Crippen molar-refractivity contribution in [1.82, 2.24) is 29.6 Å². The smallest absolute Gasteiger partial charge is 0.451 e. The number of hydrogen-bond donors (Lipinski definition) is 1. The van der Waals surface area contributed by atoms with E-state index in [-0.39, 0.29) is 48.7 Å². The van der Waals surface area contributed by atoms with Crippen LogP contribution in [0.25, 0.3) is 11.5 Å². The van der Waals surface area contributed by atoms with Crippen molar-refractivity contribution in [2.24, 2.45) is 0 Å². The van der Waals surface area contributed by atoms with Crippen LogP contribution in [0.2, 0.25) is 0 Å². The molecule has 0 bridgehead atoms. The first-order valence-electron chi connectivity index (χ1n) is 11.2. The number of rotatable bonds is 5. The lowest BCUT2D eigenvalue weighted by Gasteiger charge is -2.39. The lowest BCUT2D eigenvalue weighted by atomic mass is 9.95. The van der Waals surface area contributed by atoms with Crippen LogP contribution in [-0.4, -0.2) is 52.4 Å². The Kier molecular flexibility index (Phi) is 6.63. The number of benzene rings is 1. The van der Waals surface area contributed by atoms with Crippen molar-refractivity contribution in [3.8, 4) is 11.5 Å². The molecule has 198 valence electrons. The van der Waals surface area contributed by atoms with Gasteiger partial charge < -0.3 is 9.67 Å². The summed E-state index contributed by atoms with van der Waals surface area (Å²) in [4.78, 5) is 20.3. The number of aryl methyl sites for hydroxylation is 1. The summed E-state index contributed by atoms with van der Waals surface area (Å²) in [6.45, 7) is 5.09. The largest absolute Gasteiger partial charge is 0.465 e. The Morgan fingerprint density at radius 1 is 1.08 bits per heavy atom. The number of nitrogens with zero attached hydrogens (tertiary/aromatic N) is 6. The van der Waals surface area contributed by atoms with Gasteiger partial charge in [0.15, 0.2) is 17.5 Å². The first kappa shape index (κ1) is 26.4. The van der Waals surface area contributed by atoms with Crippen molar-refractivity contribution in [2.75, 3.05) is 0 Å². The highest BCUT2D eigenvalue weighted by Gasteiger charge is 2.38. The van der Waals surface area contributed by atoms with E-state index < -0.39 is 47.1 Å². The summed E-state index contributed by atoms with van der Waals surface area (Å²) in [5.41, 5.74) is -0.827. The van der Waals surface area contributed by atoms with Crippen LogP contribution in [0.5, 0.6) is 0 Å². The SMILES string of the molecule is CC(C)(C)N(C(=O)O)[C@H](Cc1cc(F)c(F)cc1F)Cc1nnc2n1CCc1cnc(C(F)(F)F)nc1-2. The van der Waals surface area contributed by atoms with E-state index in [2.05, 4.69) is 20.2 Å². The number of amides is 1. The maximum Gasteiger partial charge on any atom is 0.451 e. The van der Waals surface area contributed by atoms with Crippen molar-refractivity contribution in [3.05, 3.63) is 58.6 Å². The van der Waals surface area contributed by atoms with Gasteiger partial charge in [-0.1, -0.05) is 0 Å². The van der Waals surface area contributed by atoms with Crippen molar-refractivity contribution in [2.45, 2.75) is 64.3 Å². The quantitative estimate of drug-likeness (QED) is 0.382. The first-order valence-corrected chi connectivity index (χ1v) is 11.2. The summed E-state index contributed by atoms with van der Waals surface area (Å²) in [7, 11) is 0. The Morgan fingerprint density at radius 2 is 1.76 bits per heavy atom. The van der Waals surface area contributed by atoms with E-state index in [0.717, 1.165) is 11.1 Å². The van der Waals surface area contributed by atoms with E-state index in [0.29, 0.717) is 17.7 Å². The van der Waals surface area contributed by atoms with Crippen LogP contribution in [0, 0.1) is 17.5 Å². The molecule has 3 aromatic rings. The van der Waals surface area contributed by atoms with Crippen molar-refractivity contribution >= 4 is 6.09 Å². The van der Waals surface area contributed by atoms with E-state index in [9.17, 15) is 36.2 Å². The van der Waals surface area contributed by atoms with Crippen LogP contribution < -0.4 is 0 Å². The lowest BCUT2D eigenvalue weighted by molar-refractivity contribution is -0.144. The van der Waals surface area contributed by atoms with Gasteiger partial charge in [0.1, 0.15) is 17.3 Å². The van der Waals surface area contributed by atoms with Gasteiger partial charge >= 0.3 is 12.3 Å². The maximum absolute atomic E-state index is 14.5. The second kappa shape index (κ2) is 9.30. The van der Waals surface area contributed by atoms with Gasteiger partial charge in [-0.15, -0.1) is 10.2 Å². The Morgan fingerprint density at radius 3 is 2.38 bits per heavy atom. The lowest BCUT2D eigenvalue weighted by Crippen LogP contribution is -2.53. The maximum atomic E-state index is 14.5. The summed E-state index contributed by atoms with van der Waals surface area (Å²) in [6.07, 6.45) is -5.21. The average Bonchev–Trinajstić information content (AvgIpc) is 3.18. The van der Waals surface area contributed by atoms with Gasteiger partial charge in [0.05, 0.1) is 0 Å². The highest BCUT2D eigenvalue weighted by atomic mass is 19.4. The Balaban J connectivity index is 1.75. The van der Waals surface area contributed by atoms with Crippen LogP contribution in [0.4, 0.5) is 31.1 Å². The van der Waals surface area contributed by atoms with Crippen molar-refractivity contribution in [3.63, 3.8) is 0 Å². The Bertz CT molecular complexity index is 1350. The molecule has 1 N–H and O–H groups in total. The van der Waals surface area contributed by atoms with E-state index in [1.165, 1.54) is 4.57 Å². The summed E-state index contributed by atoms with van der Waals surface area (Å²) in [6, 6.07) is 0.0473. The number of aromatic nitrogens is 5. The third-order valence-electron chi connectivity index (χ3n) is 6.02. The fourth-order valence-corrected chi connectivity index (χ4v) is 4.48. The van der Waals surface area contributed by atoms with Gasteiger partial charge in [0, 0.05) is 42.4 Å². The normalized spacial score (nSPS) is 14.2. The van der Waals surface area contributed by atoms with Gasteiger partial charge in [-0.2, -0.15) is 13.2 Å². The van der Waals surface area contributed by atoms with E-state index in [1.807, 2.05) is 0 Å². The molecule has 0 radical (unpaired) electrons. The molecule has 0 spiro atoms. The molecule has 1 aliphatic heterocycles. The summed E-state index contributed by atoms with van der Waals surface area (Å²) in [5, 5.41) is 18.0. The number of hydrogen-bond acceptors (Lipinski definition) is 5. The van der Waals surface area contributed by atoms with Crippen LogP contribution in [-0.2, 0) is 32.0 Å². The minimum absolute atomic E-state index is 0.0403. The molecule has 1 aliphatic rings. The Hall–Kier alpha value is -3.71. The van der Waals surface area contributed by atoms with Gasteiger partial charge in [-0.25, -0.2) is 27.9 Å². The predicted octanol–water partition coefficient (Wildman–Crippen LogP) is 4.66. The standard InChI is InChI=1S/C23H22F6N6O2/c1-22(2,3)35(21(36)37)13(6-12-7-15(25)16(26)9-14(12)24)8-17-32-33-19-18-11(4-5-34(17)19)10-30-20(31-18)23(27,28)29/h7,9-10,13H,4-6,8H2,1-3H3,(H,36,37)/t13-/m1/s1. The van der Waals surface area contributed by atoms with Crippen LogP contribution >= 0.6 is 0 Å². The highest BCUT2D eigenvalue weighted by molar-refractivity contribution is 5.66. The van der Waals surface area contributed by atoms with Crippen LogP contribution in [0.15, 0.2) is 18.3 Å². The third-order valence-corrected chi connectivity index (χ3v) is 6.02. The number of alkyl halides is 3. The van der Waals surface area contributed by atoms with E-state index in [4.69, 9.17) is 0 Å². The fraction of sp³-hybridized carbons (Fsp3) is 0.435. The molecular formula is C23H22F6N6O2. The van der Waals surface area contributed by atoms with E-state index >= 15 is 0 Å². The minimum Gasteiger partial charge on any atom is -0.465 e. The van der Waals surface area contributed by atoms with Gasteiger partial charge in [0.2, 0.25) is 5.82 Å². The van der Waals surface area contributed by atoms with Gasteiger partial charge in [-0.05, 0) is 45.2 Å². The predicted molar refractivity (Wildman–Crippen MR) is 117 cm³/mol. The molecule has 4 rings (SSSR count). The zero-order valence-electron chi connectivity index (χ0n) is 19.9. The minimum atomic E-state index is -4.77. The molecule has 1 atom stereocenters. The summed E-state index contributed by atoms with van der Waals surface area (Å²) in [5.74, 6) is -4.77. The molecule has 0 saturated carbocycles. The monoisotopic (exact) mass is 528 g/mol. The highest BCUT2D eigenvalue weighted by Crippen LogP contribution is 2.32. The molecule has 37 heavy (non-hydrogen) atoms. The molecule has 8 nitrogen and oxygen atoms in total. The molecule has 3 heterocycles. The molecule has 0 fully saturated rings. The van der Waals surface area contributed by atoms with Crippen LogP contribution in [0.3, 0.4) is 0 Å². The van der Waals surface area contributed by atoms with Gasteiger partial charge in [0.25, 0.3) is 0 Å². The second-order valence-electron chi connectivity index (χ2n) is 9.65. The molecule has 0 unspecified atom stereocenters. The molecule has 1 aromatic carbocycles. The molecule has 2 aromatic heterocycles. The Labute approximate surface area is 207 Å².